The van der Waals surface area contributed by atoms with E-state index in [1.807, 2.05) is 6.92 Å². The summed E-state index contributed by atoms with van der Waals surface area (Å²) < 4.78 is 32.9. The average molecular weight is 378 g/mol. The van der Waals surface area contributed by atoms with Gasteiger partial charge in [-0.25, -0.2) is 8.42 Å². The first-order chi connectivity index (χ1) is 9.98. The van der Waals surface area contributed by atoms with Crippen LogP contribution in [-0.2, 0) is 21.4 Å². The van der Waals surface area contributed by atoms with Gasteiger partial charge in [0.1, 0.15) is 0 Å². The number of aliphatic hydroxyl groups excluding tert-OH is 1. The van der Waals surface area contributed by atoms with Gasteiger partial charge in [-0.2, -0.15) is 4.31 Å². The molecule has 1 fully saturated rings. The number of sulfonamides is 1. The van der Waals surface area contributed by atoms with Gasteiger partial charge in [-0.1, -0.05) is 6.07 Å². The van der Waals surface area contributed by atoms with Crippen LogP contribution < -0.4 is 0 Å². The van der Waals surface area contributed by atoms with Crippen LogP contribution in [0.25, 0.3) is 0 Å². The van der Waals surface area contributed by atoms with Gasteiger partial charge in [-0.3, -0.25) is 0 Å². The zero-order valence-electron chi connectivity index (χ0n) is 12.0. The lowest BCUT2D eigenvalue weighted by Crippen LogP contribution is -2.40. The van der Waals surface area contributed by atoms with Gasteiger partial charge in [0.15, 0.2) is 0 Å². The molecule has 0 aromatic heterocycles. The number of piperidine rings is 1. The highest BCUT2D eigenvalue weighted by molar-refractivity contribution is 9.10. The molecule has 2 rings (SSSR count). The van der Waals surface area contributed by atoms with E-state index in [1.165, 1.54) is 4.31 Å². The molecule has 1 aliphatic heterocycles. The van der Waals surface area contributed by atoms with Crippen molar-refractivity contribution in [3.05, 3.63) is 28.2 Å². The second-order valence-electron chi connectivity index (χ2n) is 4.98. The predicted molar refractivity (Wildman–Crippen MR) is 83.5 cm³/mol. The molecule has 1 N–H and O–H groups in total. The monoisotopic (exact) mass is 377 g/mol. The minimum Gasteiger partial charge on any atom is -0.392 e. The van der Waals surface area contributed by atoms with Crippen LogP contribution in [0, 0.1) is 0 Å². The quantitative estimate of drug-likeness (QED) is 0.853. The summed E-state index contributed by atoms with van der Waals surface area (Å²) in [6.45, 7) is 3.44. The number of halogens is 1. The summed E-state index contributed by atoms with van der Waals surface area (Å²) in [6.07, 6.45) is 1.60. The van der Waals surface area contributed by atoms with Crippen LogP contribution in [-0.4, -0.2) is 43.6 Å². The highest BCUT2D eigenvalue weighted by Crippen LogP contribution is 2.28. The number of rotatable bonds is 5. The van der Waals surface area contributed by atoms with Crippen LogP contribution in [0.2, 0.25) is 0 Å². The van der Waals surface area contributed by atoms with Crippen molar-refractivity contribution in [1.82, 2.24) is 4.31 Å². The van der Waals surface area contributed by atoms with E-state index in [2.05, 4.69) is 15.9 Å². The SMILES string of the molecule is CCOC1CCN(S(=O)(=O)c2ccc(CO)cc2Br)CC1. The average Bonchev–Trinajstić information content (AvgIpc) is 2.47. The largest absolute Gasteiger partial charge is 0.392 e. The van der Waals surface area contributed by atoms with Gasteiger partial charge < -0.3 is 9.84 Å². The molecule has 0 unspecified atom stereocenters. The van der Waals surface area contributed by atoms with Crippen LogP contribution in [0.3, 0.4) is 0 Å². The molecule has 1 aromatic rings. The van der Waals surface area contributed by atoms with Gasteiger partial charge in [0.2, 0.25) is 10.0 Å². The first-order valence-corrected chi connectivity index (χ1v) is 9.23. The van der Waals surface area contributed by atoms with E-state index in [0.717, 1.165) is 12.8 Å². The standard InChI is InChI=1S/C14H20BrNO4S/c1-2-20-12-5-7-16(8-6-12)21(18,19)14-4-3-11(10-17)9-13(14)15/h3-4,9,12,17H,2,5-8,10H2,1H3. The van der Waals surface area contributed by atoms with Crippen molar-refractivity contribution in [3.8, 4) is 0 Å². The lowest BCUT2D eigenvalue weighted by Gasteiger charge is -2.31. The number of aliphatic hydroxyl groups is 1. The Labute approximate surface area is 134 Å². The minimum absolute atomic E-state index is 0.112. The summed E-state index contributed by atoms with van der Waals surface area (Å²) in [7, 11) is -3.51. The molecular weight excluding hydrogens is 358 g/mol. The maximum atomic E-state index is 12.7. The lowest BCUT2D eigenvalue weighted by atomic mass is 10.1. The zero-order chi connectivity index (χ0) is 15.5. The topological polar surface area (TPSA) is 66.8 Å². The molecule has 7 heteroatoms. The van der Waals surface area contributed by atoms with Gasteiger partial charge in [-0.15, -0.1) is 0 Å². The second-order valence-corrected chi connectivity index (χ2v) is 7.74. The van der Waals surface area contributed by atoms with Crippen molar-refractivity contribution in [2.24, 2.45) is 0 Å². The molecule has 0 radical (unpaired) electrons. The molecule has 0 bridgehead atoms. The maximum absolute atomic E-state index is 12.7. The number of nitrogens with zero attached hydrogens (tertiary/aromatic N) is 1. The van der Waals surface area contributed by atoms with Gasteiger partial charge in [-0.05, 0) is 53.4 Å². The molecule has 118 valence electrons. The minimum atomic E-state index is -3.51. The Morgan fingerprint density at radius 2 is 2.05 bits per heavy atom. The Hall–Kier alpha value is -0.470. The summed E-state index contributed by atoms with van der Waals surface area (Å²) in [4.78, 5) is 0.245. The Morgan fingerprint density at radius 3 is 2.57 bits per heavy atom. The third kappa shape index (κ3) is 3.84. The molecule has 0 spiro atoms. The van der Waals surface area contributed by atoms with Crippen LogP contribution in [0.15, 0.2) is 27.6 Å². The normalized spacial score (nSPS) is 18.0. The molecule has 5 nitrogen and oxygen atoms in total. The van der Waals surface area contributed by atoms with Crippen molar-refractivity contribution in [3.63, 3.8) is 0 Å². The maximum Gasteiger partial charge on any atom is 0.244 e. The first-order valence-electron chi connectivity index (χ1n) is 7.00. The van der Waals surface area contributed by atoms with Crippen molar-refractivity contribution < 1.29 is 18.3 Å². The fraction of sp³-hybridized carbons (Fsp3) is 0.571. The summed E-state index contributed by atoms with van der Waals surface area (Å²) >= 11 is 3.29. The van der Waals surface area contributed by atoms with E-state index in [9.17, 15) is 8.42 Å². The Morgan fingerprint density at radius 1 is 1.38 bits per heavy atom. The third-order valence-corrected chi connectivity index (χ3v) is 6.48. The first kappa shape index (κ1) is 16.9. The van der Waals surface area contributed by atoms with Gasteiger partial charge in [0.25, 0.3) is 0 Å². The van der Waals surface area contributed by atoms with Crippen LogP contribution in [0.1, 0.15) is 25.3 Å². The van der Waals surface area contributed by atoms with Gasteiger partial charge in [0.05, 0.1) is 17.6 Å². The Bertz CT molecular complexity index is 583. The third-order valence-electron chi connectivity index (χ3n) is 3.60. The Balaban J connectivity index is 2.16. The number of ether oxygens (including phenoxy) is 1. The van der Waals surface area contributed by atoms with E-state index in [4.69, 9.17) is 9.84 Å². The Kier molecular flexibility index (Phi) is 5.79. The molecule has 1 aromatic carbocycles. The molecule has 0 atom stereocenters. The molecule has 1 heterocycles. The molecule has 1 aliphatic rings. The molecule has 1 saturated heterocycles. The number of hydrogen-bond donors (Lipinski definition) is 1. The van der Waals surface area contributed by atoms with E-state index >= 15 is 0 Å². The van der Waals surface area contributed by atoms with Gasteiger partial charge in [0, 0.05) is 24.2 Å². The highest BCUT2D eigenvalue weighted by Gasteiger charge is 2.30. The van der Waals surface area contributed by atoms with E-state index in [0.29, 0.717) is 29.7 Å². The fourth-order valence-electron chi connectivity index (χ4n) is 2.47. The lowest BCUT2D eigenvalue weighted by molar-refractivity contribution is 0.0290. The smallest absolute Gasteiger partial charge is 0.244 e. The predicted octanol–water partition coefficient (Wildman–Crippen LogP) is 2.13. The second kappa shape index (κ2) is 7.19. The zero-order valence-corrected chi connectivity index (χ0v) is 14.4. The molecule has 0 amide bonds. The van der Waals surface area contributed by atoms with Crippen molar-refractivity contribution in [2.45, 2.75) is 37.4 Å². The van der Waals surface area contributed by atoms with E-state index in [-0.39, 0.29) is 17.6 Å². The summed E-state index contributed by atoms with van der Waals surface area (Å²) in [5.41, 5.74) is 0.677. The summed E-state index contributed by atoms with van der Waals surface area (Å²) in [5.74, 6) is 0. The number of benzene rings is 1. The summed E-state index contributed by atoms with van der Waals surface area (Å²) in [6, 6.07) is 4.81. The van der Waals surface area contributed by atoms with Crippen molar-refractivity contribution in [1.29, 1.82) is 0 Å². The van der Waals surface area contributed by atoms with Gasteiger partial charge >= 0.3 is 0 Å². The van der Waals surface area contributed by atoms with Crippen molar-refractivity contribution in [2.75, 3.05) is 19.7 Å². The van der Waals surface area contributed by atoms with Crippen LogP contribution in [0.4, 0.5) is 0 Å². The van der Waals surface area contributed by atoms with E-state index < -0.39 is 10.0 Å². The number of hydrogen-bond acceptors (Lipinski definition) is 4. The van der Waals surface area contributed by atoms with Crippen LogP contribution >= 0.6 is 15.9 Å². The molecule has 0 saturated carbocycles. The highest BCUT2D eigenvalue weighted by atomic mass is 79.9. The summed E-state index contributed by atoms with van der Waals surface area (Å²) in [5, 5.41) is 9.09. The van der Waals surface area contributed by atoms with Crippen LogP contribution in [0.5, 0.6) is 0 Å². The molecule has 0 aliphatic carbocycles. The molecular formula is C14H20BrNO4S. The fourth-order valence-corrected chi connectivity index (χ4v) is 5.02. The molecule has 21 heavy (non-hydrogen) atoms. The van der Waals surface area contributed by atoms with Crippen molar-refractivity contribution >= 4 is 26.0 Å². The van der Waals surface area contributed by atoms with E-state index in [1.54, 1.807) is 18.2 Å².